The summed E-state index contributed by atoms with van der Waals surface area (Å²) < 4.78 is 0. The lowest BCUT2D eigenvalue weighted by Crippen LogP contribution is -1.96. The van der Waals surface area contributed by atoms with Crippen molar-refractivity contribution in [2.75, 3.05) is 0 Å². The van der Waals surface area contributed by atoms with E-state index >= 15 is 0 Å². The van der Waals surface area contributed by atoms with Crippen LogP contribution in [0, 0.1) is 0 Å². The molecule has 0 saturated heterocycles. The lowest BCUT2D eigenvalue weighted by molar-refractivity contribution is -0.106. The van der Waals surface area contributed by atoms with Crippen LogP contribution in [0.2, 0.25) is 0 Å². The van der Waals surface area contributed by atoms with Crippen molar-refractivity contribution >= 4 is 39.2 Å². The first-order chi connectivity index (χ1) is 6.70. The summed E-state index contributed by atoms with van der Waals surface area (Å²) in [5.41, 5.74) is 2.71. The molecule has 0 fully saturated rings. The molecule has 0 N–H and O–H groups in total. The molecule has 1 aromatic rings. The predicted molar refractivity (Wildman–Crippen MR) is 66.7 cm³/mol. The van der Waals surface area contributed by atoms with Gasteiger partial charge in [-0.3, -0.25) is 4.79 Å². The van der Waals surface area contributed by atoms with Gasteiger partial charge >= 0.3 is 0 Å². The Balaban J connectivity index is 3.23. The quantitative estimate of drug-likeness (QED) is 0.506. The highest BCUT2D eigenvalue weighted by atomic mass is 79.9. The van der Waals surface area contributed by atoms with E-state index in [9.17, 15) is 4.79 Å². The van der Waals surface area contributed by atoms with Gasteiger partial charge in [0.1, 0.15) is 0 Å². The molecule has 1 rings (SSSR count). The van der Waals surface area contributed by atoms with E-state index in [0.29, 0.717) is 5.57 Å². The van der Waals surface area contributed by atoms with E-state index in [1.807, 2.05) is 31.2 Å². The van der Waals surface area contributed by atoms with E-state index in [-0.39, 0.29) is 5.12 Å². The molecule has 0 unspecified atom stereocenters. The maximum Gasteiger partial charge on any atom is 0.216 e. The summed E-state index contributed by atoms with van der Waals surface area (Å²) in [5, 5.41) is 0.544. The standard InChI is InChI=1S/C11H11BrOS/c1-2-9(11(13)14)10-6-4-3-5-8(10)7-12/h2-6H,7H2,1H3,(H,13,14). The third kappa shape index (κ3) is 2.49. The van der Waals surface area contributed by atoms with E-state index < -0.39 is 0 Å². The van der Waals surface area contributed by atoms with E-state index in [1.165, 1.54) is 0 Å². The molecular weight excluding hydrogens is 260 g/mol. The summed E-state index contributed by atoms with van der Waals surface area (Å²) in [6.45, 7) is 1.84. The third-order valence-electron chi connectivity index (χ3n) is 1.97. The molecule has 0 heterocycles. The summed E-state index contributed by atoms with van der Waals surface area (Å²) >= 11 is 7.24. The topological polar surface area (TPSA) is 17.1 Å². The van der Waals surface area contributed by atoms with Crippen LogP contribution in [-0.4, -0.2) is 5.12 Å². The largest absolute Gasteiger partial charge is 0.282 e. The minimum absolute atomic E-state index is 0.194. The lowest BCUT2D eigenvalue weighted by Gasteiger charge is -2.07. The zero-order valence-electron chi connectivity index (χ0n) is 7.83. The molecule has 0 aromatic heterocycles. The van der Waals surface area contributed by atoms with Crippen molar-refractivity contribution in [1.82, 2.24) is 0 Å². The van der Waals surface area contributed by atoms with Crippen molar-refractivity contribution in [3.63, 3.8) is 0 Å². The van der Waals surface area contributed by atoms with Gasteiger partial charge in [-0.1, -0.05) is 46.3 Å². The van der Waals surface area contributed by atoms with Crippen LogP contribution in [0.25, 0.3) is 5.57 Å². The zero-order chi connectivity index (χ0) is 10.6. The van der Waals surface area contributed by atoms with Gasteiger partial charge in [-0.15, -0.1) is 12.6 Å². The fourth-order valence-corrected chi connectivity index (χ4v) is 2.03. The Bertz CT molecular complexity index is 371. The first-order valence-electron chi connectivity index (χ1n) is 4.24. The normalized spacial score (nSPS) is 11.5. The van der Waals surface area contributed by atoms with Crippen molar-refractivity contribution in [3.8, 4) is 0 Å². The summed E-state index contributed by atoms with van der Waals surface area (Å²) in [6.07, 6.45) is 1.79. The molecular formula is C11H11BrOS. The fraction of sp³-hybridized carbons (Fsp3) is 0.182. The van der Waals surface area contributed by atoms with Crippen LogP contribution in [-0.2, 0) is 10.1 Å². The number of hydrogen-bond donors (Lipinski definition) is 1. The van der Waals surface area contributed by atoms with E-state index in [1.54, 1.807) is 6.08 Å². The van der Waals surface area contributed by atoms with E-state index in [4.69, 9.17) is 0 Å². The highest BCUT2D eigenvalue weighted by Crippen LogP contribution is 2.22. The molecule has 0 radical (unpaired) electrons. The lowest BCUT2D eigenvalue weighted by atomic mass is 10.0. The maximum absolute atomic E-state index is 11.2. The Morgan fingerprint density at radius 1 is 1.50 bits per heavy atom. The molecule has 0 amide bonds. The van der Waals surface area contributed by atoms with Crippen LogP contribution < -0.4 is 0 Å². The predicted octanol–water partition coefficient (Wildman–Crippen LogP) is 3.44. The highest BCUT2D eigenvalue weighted by molar-refractivity contribution is 9.08. The Labute approximate surface area is 97.8 Å². The number of carbonyl (C=O) groups excluding carboxylic acids is 1. The number of thiol groups is 1. The number of carbonyl (C=O) groups is 1. The van der Waals surface area contributed by atoms with Crippen LogP contribution in [0.5, 0.6) is 0 Å². The number of alkyl halides is 1. The fourth-order valence-electron chi connectivity index (χ4n) is 1.29. The molecule has 14 heavy (non-hydrogen) atoms. The molecule has 0 aliphatic heterocycles. The Kier molecular flexibility index (Phi) is 4.42. The van der Waals surface area contributed by atoms with Gasteiger partial charge < -0.3 is 0 Å². The average Bonchev–Trinajstić information content (AvgIpc) is 2.19. The van der Waals surface area contributed by atoms with Gasteiger partial charge in [-0.2, -0.15) is 0 Å². The Morgan fingerprint density at radius 2 is 2.14 bits per heavy atom. The van der Waals surface area contributed by atoms with Gasteiger partial charge in [0, 0.05) is 10.9 Å². The summed E-state index contributed by atoms with van der Waals surface area (Å²) in [6, 6.07) is 7.79. The number of halogens is 1. The van der Waals surface area contributed by atoms with Crippen molar-refractivity contribution in [2.45, 2.75) is 12.3 Å². The second kappa shape index (κ2) is 5.37. The maximum atomic E-state index is 11.2. The first kappa shape index (κ1) is 11.5. The summed E-state index contributed by atoms with van der Waals surface area (Å²) in [4.78, 5) is 11.2. The number of benzene rings is 1. The van der Waals surface area contributed by atoms with Crippen LogP contribution in [0.15, 0.2) is 30.3 Å². The van der Waals surface area contributed by atoms with E-state index in [2.05, 4.69) is 28.6 Å². The Morgan fingerprint density at radius 3 is 2.64 bits per heavy atom. The summed E-state index contributed by atoms with van der Waals surface area (Å²) in [7, 11) is 0. The number of rotatable bonds is 3. The van der Waals surface area contributed by atoms with E-state index in [0.717, 1.165) is 16.5 Å². The molecule has 0 atom stereocenters. The molecule has 0 saturated carbocycles. The monoisotopic (exact) mass is 270 g/mol. The minimum Gasteiger partial charge on any atom is -0.282 e. The first-order valence-corrected chi connectivity index (χ1v) is 5.81. The molecule has 0 aliphatic carbocycles. The Hall–Kier alpha value is -0.540. The molecule has 1 aromatic carbocycles. The molecule has 0 aliphatic rings. The van der Waals surface area contributed by atoms with Crippen molar-refractivity contribution < 1.29 is 4.79 Å². The molecule has 1 nitrogen and oxygen atoms in total. The van der Waals surface area contributed by atoms with Gasteiger partial charge in [0.25, 0.3) is 0 Å². The summed E-state index contributed by atoms with van der Waals surface area (Å²) in [5.74, 6) is 0. The average molecular weight is 271 g/mol. The SMILES string of the molecule is CC=C(C(=O)S)c1ccccc1CBr. The second-order valence-corrected chi connectivity index (χ2v) is 3.77. The molecule has 3 heteroatoms. The third-order valence-corrected chi connectivity index (χ3v) is 2.82. The second-order valence-electron chi connectivity index (χ2n) is 2.80. The van der Waals surface area contributed by atoms with Crippen LogP contribution in [0.1, 0.15) is 18.1 Å². The van der Waals surface area contributed by atoms with Crippen LogP contribution in [0.4, 0.5) is 0 Å². The van der Waals surface area contributed by atoms with Crippen molar-refractivity contribution in [1.29, 1.82) is 0 Å². The van der Waals surface area contributed by atoms with Gasteiger partial charge in [0.2, 0.25) is 5.12 Å². The molecule has 74 valence electrons. The van der Waals surface area contributed by atoms with Crippen molar-refractivity contribution in [3.05, 3.63) is 41.5 Å². The molecule has 0 spiro atoms. The minimum atomic E-state index is -0.194. The molecule has 0 bridgehead atoms. The number of hydrogen-bond acceptors (Lipinski definition) is 1. The van der Waals surface area contributed by atoms with Gasteiger partial charge in [0.15, 0.2) is 0 Å². The van der Waals surface area contributed by atoms with Gasteiger partial charge in [-0.05, 0) is 18.1 Å². The van der Waals surface area contributed by atoms with Crippen molar-refractivity contribution in [2.24, 2.45) is 0 Å². The highest BCUT2D eigenvalue weighted by Gasteiger charge is 2.09. The van der Waals surface area contributed by atoms with Crippen LogP contribution in [0.3, 0.4) is 0 Å². The number of allylic oxidation sites excluding steroid dienone is 1. The zero-order valence-corrected chi connectivity index (χ0v) is 10.3. The van der Waals surface area contributed by atoms with Gasteiger partial charge in [0.05, 0.1) is 0 Å². The smallest absolute Gasteiger partial charge is 0.216 e. The van der Waals surface area contributed by atoms with Gasteiger partial charge in [-0.25, -0.2) is 0 Å². The van der Waals surface area contributed by atoms with Crippen LogP contribution >= 0.6 is 28.6 Å².